The third kappa shape index (κ3) is 3.32. The molecule has 0 spiro atoms. The van der Waals surface area contributed by atoms with Gasteiger partial charge in [-0.3, -0.25) is 9.69 Å². The average Bonchev–Trinajstić information content (AvgIpc) is 2.86. The zero-order valence-corrected chi connectivity index (χ0v) is 17.8. The highest BCUT2D eigenvalue weighted by molar-refractivity contribution is 6.06. The van der Waals surface area contributed by atoms with E-state index in [-0.39, 0.29) is 17.2 Å². The van der Waals surface area contributed by atoms with Crippen LogP contribution < -0.4 is 20.3 Å². The number of rotatable bonds is 2. The molecule has 1 heterocycles. The van der Waals surface area contributed by atoms with E-state index in [0.29, 0.717) is 23.4 Å². The normalized spacial score (nSPS) is 19.9. The van der Waals surface area contributed by atoms with Crippen LogP contribution in [0.25, 0.3) is 0 Å². The molecule has 0 unspecified atom stereocenters. The van der Waals surface area contributed by atoms with Gasteiger partial charge in [-0.05, 0) is 30.0 Å². The molecule has 2 amide bonds. The van der Waals surface area contributed by atoms with Crippen LogP contribution in [0.4, 0.5) is 16.2 Å². The van der Waals surface area contributed by atoms with Gasteiger partial charge < -0.3 is 15.4 Å². The van der Waals surface area contributed by atoms with E-state index in [1.165, 1.54) is 0 Å². The molecule has 1 aliphatic heterocycles. The molecule has 6 heteroatoms. The number of carbonyl (C=O) groups excluding carboxylic acids is 2. The number of nitrogens with one attached hydrogen (secondary N) is 2. The summed E-state index contributed by atoms with van der Waals surface area (Å²) in [6.45, 7) is 4.20. The molecule has 2 aromatic rings. The average molecular weight is 405 g/mol. The second-order valence-electron chi connectivity index (χ2n) is 8.54. The number of anilines is 2. The summed E-state index contributed by atoms with van der Waals surface area (Å²) in [6.07, 6.45) is 1.15. The van der Waals surface area contributed by atoms with Gasteiger partial charge >= 0.3 is 6.03 Å². The van der Waals surface area contributed by atoms with E-state index in [1.807, 2.05) is 48.5 Å². The zero-order chi connectivity index (χ0) is 21.5. The Balaban J connectivity index is 2.04. The number of ketones is 1. The number of Topliss-reactive ketones (excluding diaryl/α,β-unsaturated/α-hetero) is 1. The van der Waals surface area contributed by atoms with Crippen molar-refractivity contribution in [1.82, 2.24) is 5.32 Å². The lowest BCUT2D eigenvalue weighted by atomic mass is 9.73. The maximum atomic E-state index is 13.5. The van der Waals surface area contributed by atoms with Gasteiger partial charge in [0.15, 0.2) is 5.78 Å². The third-order valence-corrected chi connectivity index (χ3v) is 5.77. The third-order valence-electron chi connectivity index (χ3n) is 5.77. The molecule has 1 aliphatic carbocycles. The van der Waals surface area contributed by atoms with Gasteiger partial charge in [0.05, 0.1) is 24.5 Å². The van der Waals surface area contributed by atoms with Crippen LogP contribution in [-0.2, 0) is 4.79 Å². The van der Waals surface area contributed by atoms with Gasteiger partial charge in [-0.1, -0.05) is 44.2 Å². The summed E-state index contributed by atoms with van der Waals surface area (Å²) in [6, 6.07) is 14.3. The van der Waals surface area contributed by atoms with E-state index < -0.39 is 6.04 Å². The molecule has 0 fully saturated rings. The number of para-hydroxylation sites is 3. The Morgan fingerprint density at radius 2 is 1.83 bits per heavy atom. The fourth-order valence-electron chi connectivity index (χ4n) is 4.52. The smallest absolute Gasteiger partial charge is 0.322 e. The minimum Gasteiger partial charge on any atom is -0.496 e. The van der Waals surface area contributed by atoms with Crippen molar-refractivity contribution in [3.63, 3.8) is 0 Å². The van der Waals surface area contributed by atoms with E-state index in [1.54, 1.807) is 19.1 Å². The maximum Gasteiger partial charge on any atom is 0.322 e. The van der Waals surface area contributed by atoms with Crippen molar-refractivity contribution >= 4 is 23.2 Å². The first kappa shape index (κ1) is 20.0. The number of methoxy groups -OCH3 is 1. The molecule has 6 nitrogen and oxygen atoms in total. The SMILES string of the molecule is CNC(=O)N1c2ccccc2NC2=C(C(=O)CC(C)(C)C2)[C@@H]1c1ccccc1OC. The molecular formula is C24H27N3O3. The summed E-state index contributed by atoms with van der Waals surface area (Å²) in [5.41, 5.74) is 3.63. The van der Waals surface area contributed by atoms with E-state index in [9.17, 15) is 9.59 Å². The Hall–Kier alpha value is -3.28. The maximum absolute atomic E-state index is 13.5. The zero-order valence-electron chi connectivity index (χ0n) is 17.8. The number of urea groups is 1. The molecule has 156 valence electrons. The molecule has 0 aromatic heterocycles. The van der Waals surface area contributed by atoms with Gasteiger partial charge in [-0.2, -0.15) is 0 Å². The quantitative estimate of drug-likeness (QED) is 0.763. The number of benzene rings is 2. The van der Waals surface area contributed by atoms with Crippen molar-refractivity contribution in [2.45, 2.75) is 32.7 Å². The summed E-state index contributed by atoms with van der Waals surface area (Å²) in [5.74, 6) is 0.687. The summed E-state index contributed by atoms with van der Waals surface area (Å²) >= 11 is 0. The van der Waals surface area contributed by atoms with Crippen LogP contribution in [0, 0.1) is 5.41 Å². The van der Waals surface area contributed by atoms with Crippen LogP contribution in [0.3, 0.4) is 0 Å². The lowest BCUT2D eigenvalue weighted by molar-refractivity contribution is -0.118. The number of allylic oxidation sites excluding steroid dienone is 1. The molecule has 0 radical (unpaired) electrons. The number of hydrogen-bond donors (Lipinski definition) is 2. The number of ether oxygens (including phenoxy) is 1. The molecule has 30 heavy (non-hydrogen) atoms. The van der Waals surface area contributed by atoms with Gasteiger partial charge in [0.25, 0.3) is 0 Å². The minimum absolute atomic E-state index is 0.0476. The highest BCUT2D eigenvalue weighted by Crippen LogP contribution is 2.49. The Morgan fingerprint density at radius 1 is 1.13 bits per heavy atom. The fourth-order valence-corrected chi connectivity index (χ4v) is 4.52. The van der Waals surface area contributed by atoms with Gasteiger partial charge in [0.2, 0.25) is 0 Å². The number of nitrogens with zero attached hydrogens (tertiary/aromatic N) is 1. The molecule has 2 aromatic carbocycles. The predicted octanol–water partition coefficient (Wildman–Crippen LogP) is 4.65. The highest BCUT2D eigenvalue weighted by atomic mass is 16.5. The van der Waals surface area contributed by atoms with E-state index in [0.717, 1.165) is 23.4 Å². The standard InChI is InChI=1S/C24H27N3O3/c1-24(2)13-17-21(19(28)14-24)22(15-9-5-8-12-20(15)30-4)27(23(29)25-3)18-11-7-6-10-16(18)26-17/h5-12,22,26H,13-14H2,1-4H3,(H,25,29)/t22-/m0/s1. The van der Waals surface area contributed by atoms with E-state index >= 15 is 0 Å². The predicted molar refractivity (Wildman–Crippen MR) is 118 cm³/mol. The van der Waals surface area contributed by atoms with Gasteiger partial charge in [0.1, 0.15) is 5.75 Å². The molecule has 0 saturated heterocycles. The topological polar surface area (TPSA) is 70.7 Å². The summed E-state index contributed by atoms with van der Waals surface area (Å²) in [4.78, 5) is 28.3. The monoisotopic (exact) mass is 405 g/mol. The minimum atomic E-state index is -0.601. The molecule has 2 N–H and O–H groups in total. The van der Waals surface area contributed by atoms with Crippen molar-refractivity contribution in [1.29, 1.82) is 0 Å². The molecule has 0 bridgehead atoms. The van der Waals surface area contributed by atoms with Crippen LogP contribution in [0.2, 0.25) is 0 Å². The molecular weight excluding hydrogens is 378 g/mol. The van der Waals surface area contributed by atoms with Crippen molar-refractivity contribution in [2.75, 3.05) is 24.4 Å². The highest BCUT2D eigenvalue weighted by Gasteiger charge is 2.43. The number of fused-ring (bicyclic) bond motifs is 1. The molecule has 0 saturated carbocycles. The van der Waals surface area contributed by atoms with Gasteiger partial charge in [-0.25, -0.2) is 4.79 Å². The van der Waals surface area contributed by atoms with Crippen LogP contribution in [0.5, 0.6) is 5.75 Å². The Kier molecular flexibility index (Phi) is 5.02. The summed E-state index contributed by atoms with van der Waals surface area (Å²) in [5, 5.41) is 6.24. The van der Waals surface area contributed by atoms with Gasteiger partial charge in [0, 0.05) is 30.3 Å². The molecule has 1 atom stereocenters. The molecule has 4 rings (SSSR count). The van der Waals surface area contributed by atoms with Crippen molar-refractivity contribution in [3.8, 4) is 5.75 Å². The Morgan fingerprint density at radius 3 is 2.57 bits per heavy atom. The fraction of sp³-hybridized carbons (Fsp3) is 0.333. The second kappa shape index (κ2) is 7.52. The second-order valence-corrected chi connectivity index (χ2v) is 8.54. The van der Waals surface area contributed by atoms with Crippen molar-refractivity contribution in [2.24, 2.45) is 5.41 Å². The van der Waals surface area contributed by atoms with Gasteiger partial charge in [-0.15, -0.1) is 0 Å². The first-order valence-corrected chi connectivity index (χ1v) is 10.1. The first-order valence-electron chi connectivity index (χ1n) is 10.1. The lowest BCUT2D eigenvalue weighted by Crippen LogP contribution is -2.43. The largest absolute Gasteiger partial charge is 0.496 e. The van der Waals surface area contributed by atoms with Crippen molar-refractivity contribution in [3.05, 3.63) is 65.4 Å². The van der Waals surface area contributed by atoms with E-state index in [2.05, 4.69) is 24.5 Å². The number of carbonyl (C=O) groups is 2. The van der Waals surface area contributed by atoms with Crippen LogP contribution in [0.15, 0.2) is 59.8 Å². The molecule has 2 aliphatic rings. The number of hydrogen-bond acceptors (Lipinski definition) is 4. The van der Waals surface area contributed by atoms with Crippen molar-refractivity contribution < 1.29 is 14.3 Å². The Labute approximate surface area is 176 Å². The number of amides is 2. The summed E-state index contributed by atoms with van der Waals surface area (Å²) < 4.78 is 5.63. The lowest BCUT2D eigenvalue weighted by Gasteiger charge is -2.37. The first-order chi connectivity index (χ1) is 14.4. The van der Waals surface area contributed by atoms with Crippen LogP contribution >= 0.6 is 0 Å². The van der Waals surface area contributed by atoms with Crippen LogP contribution in [0.1, 0.15) is 38.3 Å². The summed E-state index contributed by atoms with van der Waals surface area (Å²) in [7, 11) is 3.21. The Bertz CT molecular complexity index is 1040. The van der Waals surface area contributed by atoms with E-state index in [4.69, 9.17) is 4.74 Å². The van der Waals surface area contributed by atoms with Crippen LogP contribution in [-0.4, -0.2) is 26.0 Å².